The zero-order valence-corrected chi connectivity index (χ0v) is 21.2. The number of rotatable bonds is 7. The van der Waals surface area contributed by atoms with Gasteiger partial charge in [0.25, 0.3) is 11.2 Å². The van der Waals surface area contributed by atoms with E-state index in [9.17, 15) is 29.3 Å². The molecule has 0 fully saturated rings. The van der Waals surface area contributed by atoms with Crippen molar-refractivity contribution in [1.82, 2.24) is 14.8 Å². The van der Waals surface area contributed by atoms with Crippen LogP contribution < -0.4 is 21.0 Å². The number of amides is 2. The first-order valence-electron chi connectivity index (χ1n) is 11.7. The maximum atomic E-state index is 12.9. The zero-order valence-electron chi connectivity index (χ0n) is 21.2. The highest BCUT2D eigenvalue weighted by Crippen LogP contribution is 2.22. The highest BCUT2D eigenvalue weighted by Gasteiger charge is 2.23. The van der Waals surface area contributed by atoms with Crippen LogP contribution in [0.5, 0.6) is 5.75 Å². The molecular formula is C27H22N6O7. The topological polar surface area (TPSA) is 167 Å². The van der Waals surface area contributed by atoms with Crippen LogP contribution in [0.4, 0.5) is 11.4 Å². The van der Waals surface area contributed by atoms with Crippen molar-refractivity contribution in [1.29, 1.82) is 0 Å². The molecule has 2 amide bonds. The fourth-order valence-corrected chi connectivity index (χ4v) is 3.73. The van der Waals surface area contributed by atoms with E-state index in [0.29, 0.717) is 11.4 Å². The molecule has 202 valence electrons. The lowest BCUT2D eigenvalue weighted by molar-refractivity contribution is -0.385. The van der Waals surface area contributed by atoms with Gasteiger partial charge in [-0.2, -0.15) is 5.10 Å². The highest BCUT2D eigenvalue weighted by atomic mass is 16.6. The van der Waals surface area contributed by atoms with Crippen molar-refractivity contribution in [2.45, 2.75) is 6.92 Å². The van der Waals surface area contributed by atoms with Gasteiger partial charge in [0.05, 0.1) is 22.5 Å². The number of nitro groups is 1. The summed E-state index contributed by atoms with van der Waals surface area (Å²) in [5, 5.41) is 17.3. The molecule has 0 unspecified atom stereocenters. The number of benzene rings is 3. The lowest BCUT2D eigenvalue weighted by Crippen LogP contribution is -2.34. The summed E-state index contributed by atoms with van der Waals surface area (Å²) in [4.78, 5) is 60.9. The summed E-state index contributed by atoms with van der Waals surface area (Å²) in [5.41, 5.74) is 2.04. The first-order chi connectivity index (χ1) is 19.2. The number of hydrogen-bond acceptors (Lipinski definition) is 8. The number of para-hydroxylation sites is 3. The quantitative estimate of drug-likeness (QED) is 0.0904. The number of aromatic nitrogens is 2. The van der Waals surface area contributed by atoms with E-state index in [0.717, 1.165) is 6.21 Å². The Hall–Kier alpha value is -5.85. The van der Waals surface area contributed by atoms with E-state index in [1.54, 1.807) is 61.1 Å². The van der Waals surface area contributed by atoms with Gasteiger partial charge in [-0.3, -0.25) is 29.2 Å². The molecule has 0 saturated carbocycles. The second kappa shape index (κ2) is 11.7. The van der Waals surface area contributed by atoms with E-state index in [-0.39, 0.29) is 22.6 Å². The number of carbonyl (C=O) groups excluding carboxylic acids is 3. The molecule has 13 nitrogen and oxygen atoms in total. The SMILES string of the molecule is Cc1c(NC(=O)C(=O)N/N=C/c2ccccc2OC(=O)c2ccccc2[N+](=O)[O-])c(=O)n(-c2ccccc2)n1C. The first kappa shape index (κ1) is 27.2. The smallest absolute Gasteiger partial charge is 0.350 e. The van der Waals surface area contributed by atoms with Crippen molar-refractivity contribution in [2.24, 2.45) is 12.1 Å². The lowest BCUT2D eigenvalue weighted by atomic mass is 10.2. The van der Waals surface area contributed by atoms with Crippen molar-refractivity contribution in [3.05, 3.63) is 116 Å². The molecule has 4 aromatic rings. The van der Waals surface area contributed by atoms with Crippen LogP contribution in [0.1, 0.15) is 21.6 Å². The maximum absolute atomic E-state index is 12.9. The minimum Gasteiger partial charge on any atom is -0.422 e. The van der Waals surface area contributed by atoms with Gasteiger partial charge in [-0.15, -0.1) is 0 Å². The Bertz CT molecular complexity index is 1710. The van der Waals surface area contributed by atoms with Crippen LogP contribution in [0.3, 0.4) is 0 Å². The Morgan fingerprint density at radius 1 is 0.950 bits per heavy atom. The van der Waals surface area contributed by atoms with Crippen molar-refractivity contribution >= 4 is 35.4 Å². The van der Waals surface area contributed by atoms with E-state index in [1.165, 1.54) is 41.1 Å². The van der Waals surface area contributed by atoms with Gasteiger partial charge in [0, 0.05) is 18.7 Å². The minimum atomic E-state index is -1.15. The van der Waals surface area contributed by atoms with E-state index in [1.807, 2.05) is 0 Å². The largest absolute Gasteiger partial charge is 0.422 e. The number of esters is 1. The van der Waals surface area contributed by atoms with Gasteiger partial charge in [-0.25, -0.2) is 14.9 Å². The van der Waals surface area contributed by atoms with E-state index >= 15 is 0 Å². The third-order valence-electron chi connectivity index (χ3n) is 5.81. The monoisotopic (exact) mass is 542 g/mol. The van der Waals surface area contributed by atoms with Crippen molar-refractivity contribution < 1.29 is 24.0 Å². The Morgan fingerprint density at radius 2 is 1.60 bits per heavy atom. The summed E-state index contributed by atoms with van der Waals surface area (Å²) in [6.45, 7) is 1.62. The Balaban J connectivity index is 1.45. The predicted molar refractivity (Wildman–Crippen MR) is 145 cm³/mol. The molecule has 13 heteroatoms. The second-order valence-electron chi connectivity index (χ2n) is 8.29. The van der Waals surface area contributed by atoms with Gasteiger partial charge in [0.1, 0.15) is 17.0 Å². The van der Waals surface area contributed by atoms with Gasteiger partial charge in [-0.05, 0) is 37.3 Å². The Labute approximate surface area is 226 Å². The number of ether oxygens (including phenoxy) is 1. The molecule has 4 rings (SSSR count). The number of hydrogen-bond donors (Lipinski definition) is 2. The van der Waals surface area contributed by atoms with E-state index < -0.39 is 34.0 Å². The van der Waals surface area contributed by atoms with Crippen molar-refractivity contribution in [3.8, 4) is 11.4 Å². The summed E-state index contributed by atoms with van der Waals surface area (Å²) < 4.78 is 8.21. The van der Waals surface area contributed by atoms with Crippen LogP contribution in [0, 0.1) is 17.0 Å². The third kappa shape index (κ3) is 5.67. The van der Waals surface area contributed by atoms with Crippen molar-refractivity contribution in [3.63, 3.8) is 0 Å². The first-order valence-corrected chi connectivity index (χ1v) is 11.7. The van der Waals surface area contributed by atoms with Crippen molar-refractivity contribution in [2.75, 3.05) is 5.32 Å². The number of anilines is 1. The van der Waals surface area contributed by atoms with Crippen LogP contribution in [0.2, 0.25) is 0 Å². The van der Waals surface area contributed by atoms with Crippen LogP contribution in [0.25, 0.3) is 5.69 Å². The molecule has 0 aliphatic rings. The van der Waals surface area contributed by atoms with Gasteiger partial charge in [0.2, 0.25) is 0 Å². The summed E-state index contributed by atoms with van der Waals surface area (Å²) >= 11 is 0. The average molecular weight is 543 g/mol. The summed E-state index contributed by atoms with van der Waals surface area (Å²) in [7, 11) is 1.64. The van der Waals surface area contributed by atoms with Gasteiger partial charge in [0.15, 0.2) is 0 Å². The predicted octanol–water partition coefficient (Wildman–Crippen LogP) is 2.70. The summed E-state index contributed by atoms with van der Waals surface area (Å²) in [5.74, 6) is -3.23. The molecule has 0 radical (unpaired) electrons. The lowest BCUT2D eigenvalue weighted by Gasteiger charge is -2.07. The van der Waals surface area contributed by atoms with Gasteiger partial charge >= 0.3 is 17.8 Å². The van der Waals surface area contributed by atoms with Gasteiger partial charge < -0.3 is 10.1 Å². The van der Waals surface area contributed by atoms with Gasteiger partial charge in [-0.1, -0.05) is 42.5 Å². The molecule has 1 aromatic heterocycles. The molecule has 0 aliphatic carbocycles. The molecule has 0 saturated heterocycles. The molecule has 0 spiro atoms. The fraction of sp³-hybridized carbons (Fsp3) is 0.0741. The number of nitrogens with zero attached hydrogens (tertiary/aromatic N) is 4. The summed E-state index contributed by atoms with van der Waals surface area (Å²) in [6.07, 6.45) is 1.13. The number of carbonyl (C=O) groups is 3. The molecule has 40 heavy (non-hydrogen) atoms. The molecule has 0 aliphatic heterocycles. The zero-order chi connectivity index (χ0) is 28.8. The molecule has 2 N–H and O–H groups in total. The van der Waals surface area contributed by atoms with Crippen LogP contribution >= 0.6 is 0 Å². The standard InChI is InChI=1S/C27H22N6O7/c1-17-23(26(36)32(31(17)2)19-11-4-3-5-12-19)29-24(34)25(35)30-28-16-18-10-6-9-15-22(18)40-27(37)20-13-7-8-14-21(20)33(38)39/h3-16H,1-2H3,(H,29,34)(H,30,35)/b28-16+. The van der Waals surface area contributed by atoms with Crippen LogP contribution in [-0.4, -0.2) is 38.3 Å². The van der Waals surface area contributed by atoms with Crippen LogP contribution in [0.15, 0.2) is 88.8 Å². The van der Waals surface area contributed by atoms with Crippen LogP contribution in [-0.2, 0) is 16.6 Å². The van der Waals surface area contributed by atoms with E-state index in [2.05, 4.69) is 15.8 Å². The second-order valence-corrected chi connectivity index (χ2v) is 8.29. The number of hydrazone groups is 1. The average Bonchev–Trinajstić information content (AvgIpc) is 3.16. The maximum Gasteiger partial charge on any atom is 0.350 e. The minimum absolute atomic E-state index is 0.00877. The fourth-order valence-electron chi connectivity index (χ4n) is 3.73. The Kier molecular flexibility index (Phi) is 7.94. The highest BCUT2D eigenvalue weighted by molar-refractivity contribution is 6.39. The molecule has 1 heterocycles. The normalized spacial score (nSPS) is 10.8. The molecule has 0 bridgehead atoms. The summed E-state index contributed by atoms with van der Waals surface area (Å²) in [6, 6.07) is 20.2. The molecule has 3 aromatic carbocycles. The number of nitrogens with one attached hydrogen (secondary N) is 2. The number of nitro benzene ring substituents is 1. The Morgan fingerprint density at radius 3 is 2.33 bits per heavy atom. The third-order valence-corrected chi connectivity index (χ3v) is 5.81. The van der Waals surface area contributed by atoms with E-state index in [4.69, 9.17) is 4.74 Å². The molecular weight excluding hydrogens is 520 g/mol. The molecule has 0 atom stereocenters.